The molecule has 1 saturated heterocycles. The van der Waals surface area contributed by atoms with Crippen molar-refractivity contribution in [1.82, 2.24) is 9.80 Å². The Kier molecular flexibility index (Phi) is 2.63. The highest BCUT2D eigenvalue weighted by atomic mass is 16.5. The van der Waals surface area contributed by atoms with Crippen LogP contribution in [0.5, 0.6) is 0 Å². The van der Waals surface area contributed by atoms with Crippen molar-refractivity contribution in [3.63, 3.8) is 0 Å². The van der Waals surface area contributed by atoms with E-state index in [0.717, 1.165) is 4.90 Å². The van der Waals surface area contributed by atoms with Crippen molar-refractivity contribution >= 4 is 11.9 Å². The molecular formula is C12H17N3O3. The van der Waals surface area contributed by atoms with Gasteiger partial charge in [0.1, 0.15) is 5.60 Å². The Balaban J connectivity index is 2.48. The van der Waals surface area contributed by atoms with Crippen molar-refractivity contribution in [3.8, 4) is 6.07 Å². The Bertz CT molecular complexity index is 438. The second-order valence-corrected chi connectivity index (χ2v) is 5.04. The molecule has 3 unspecified atom stereocenters. The summed E-state index contributed by atoms with van der Waals surface area (Å²) in [6.45, 7) is 4.07. The molecule has 1 saturated carbocycles. The standard InChI is InChI=1S/C12H17N3O3/c1-5-18-11(2)6-8-9(16)14(3)10(17)15(4)12(8,11)7-13/h8H,5-6H2,1-4H3. The highest BCUT2D eigenvalue weighted by Crippen LogP contribution is 2.55. The molecule has 6 nitrogen and oxygen atoms in total. The van der Waals surface area contributed by atoms with Gasteiger partial charge in [-0.15, -0.1) is 0 Å². The molecule has 0 aromatic rings. The molecular weight excluding hydrogens is 234 g/mol. The van der Waals surface area contributed by atoms with Gasteiger partial charge in [-0.2, -0.15) is 5.26 Å². The lowest BCUT2D eigenvalue weighted by Gasteiger charge is -2.63. The van der Waals surface area contributed by atoms with E-state index in [1.165, 1.54) is 11.9 Å². The van der Waals surface area contributed by atoms with E-state index < -0.39 is 23.1 Å². The normalized spacial score (nSPS) is 39.2. The topological polar surface area (TPSA) is 73.6 Å². The number of carbonyl (C=O) groups is 2. The zero-order chi connectivity index (χ0) is 13.7. The first-order chi connectivity index (χ1) is 8.35. The minimum atomic E-state index is -1.18. The lowest BCUT2D eigenvalue weighted by Crippen LogP contribution is -2.82. The summed E-state index contributed by atoms with van der Waals surface area (Å²) in [6, 6.07) is 1.70. The van der Waals surface area contributed by atoms with Crippen LogP contribution in [0.2, 0.25) is 0 Å². The van der Waals surface area contributed by atoms with Crippen LogP contribution in [0.15, 0.2) is 0 Å². The number of nitrogens with zero attached hydrogens (tertiary/aromatic N) is 3. The monoisotopic (exact) mass is 251 g/mol. The summed E-state index contributed by atoms with van der Waals surface area (Å²) >= 11 is 0. The fraction of sp³-hybridized carbons (Fsp3) is 0.750. The molecule has 3 amide bonds. The fourth-order valence-electron chi connectivity index (χ4n) is 3.25. The summed E-state index contributed by atoms with van der Waals surface area (Å²) in [5.74, 6) is -0.788. The van der Waals surface area contributed by atoms with Crippen molar-refractivity contribution in [2.75, 3.05) is 20.7 Å². The Hall–Kier alpha value is -1.61. The van der Waals surface area contributed by atoms with E-state index in [0.29, 0.717) is 13.0 Å². The van der Waals surface area contributed by atoms with Crippen LogP contribution < -0.4 is 0 Å². The Morgan fingerprint density at radius 1 is 1.50 bits per heavy atom. The number of hydrogen-bond acceptors (Lipinski definition) is 4. The number of nitriles is 1. The molecule has 6 heteroatoms. The van der Waals surface area contributed by atoms with Gasteiger partial charge < -0.3 is 9.64 Å². The summed E-state index contributed by atoms with van der Waals surface area (Å²) in [6.07, 6.45) is 0.467. The second kappa shape index (κ2) is 3.69. The van der Waals surface area contributed by atoms with E-state index in [1.807, 2.05) is 6.92 Å². The van der Waals surface area contributed by atoms with Crippen LogP contribution in [0.25, 0.3) is 0 Å². The smallest absolute Gasteiger partial charge is 0.327 e. The zero-order valence-electron chi connectivity index (χ0n) is 11.1. The molecule has 0 N–H and O–H groups in total. The molecule has 3 atom stereocenters. The molecule has 2 rings (SSSR count). The second-order valence-electron chi connectivity index (χ2n) is 5.04. The molecule has 1 heterocycles. The van der Waals surface area contributed by atoms with Gasteiger partial charge in [-0.25, -0.2) is 4.79 Å². The first kappa shape index (κ1) is 12.8. The molecule has 0 aromatic carbocycles. The Morgan fingerprint density at radius 3 is 2.61 bits per heavy atom. The lowest BCUT2D eigenvalue weighted by molar-refractivity contribution is -0.215. The van der Waals surface area contributed by atoms with Crippen molar-refractivity contribution in [2.24, 2.45) is 5.92 Å². The first-order valence-electron chi connectivity index (χ1n) is 5.96. The minimum absolute atomic E-state index is 0.295. The highest BCUT2D eigenvalue weighted by Gasteiger charge is 2.73. The number of urea groups is 1. The predicted molar refractivity (Wildman–Crippen MR) is 62.4 cm³/mol. The van der Waals surface area contributed by atoms with Gasteiger partial charge in [0.25, 0.3) is 0 Å². The SMILES string of the molecule is CCOC1(C)CC2C(=O)N(C)C(=O)N(C)C21C#N. The summed E-state index contributed by atoms with van der Waals surface area (Å²) < 4.78 is 5.64. The lowest BCUT2D eigenvalue weighted by atomic mass is 9.54. The van der Waals surface area contributed by atoms with Crippen LogP contribution in [0.4, 0.5) is 4.79 Å². The summed E-state index contributed by atoms with van der Waals surface area (Å²) in [5, 5.41) is 9.53. The van der Waals surface area contributed by atoms with Gasteiger partial charge in [0.15, 0.2) is 5.54 Å². The van der Waals surface area contributed by atoms with Gasteiger partial charge in [0.05, 0.1) is 12.0 Å². The van der Waals surface area contributed by atoms with Crippen LogP contribution in [-0.2, 0) is 9.53 Å². The van der Waals surface area contributed by atoms with Crippen molar-refractivity contribution in [1.29, 1.82) is 5.26 Å². The van der Waals surface area contributed by atoms with E-state index in [1.54, 1.807) is 14.0 Å². The average molecular weight is 251 g/mol. The molecule has 1 aliphatic carbocycles. The number of rotatable bonds is 2. The Morgan fingerprint density at radius 2 is 2.11 bits per heavy atom. The van der Waals surface area contributed by atoms with Gasteiger partial charge in [-0.05, 0) is 20.3 Å². The van der Waals surface area contributed by atoms with Crippen LogP contribution >= 0.6 is 0 Å². The molecule has 1 aliphatic heterocycles. The van der Waals surface area contributed by atoms with Gasteiger partial charge in [0, 0.05) is 20.7 Å². The number of ether oxygens (including phenoxy) is 1. The van der Waals surface area contributed by atoms with Gasteiger partial charge in [0.2, 0.25) is 5.91 Å². The maximum atomic E-state index is 12.1. The van der Waals surface area contributed by atoms with Crippen LogP contribution in [0.1, 0.15) is 20.3 Å². The molecule has 98 valence electrons. The number of fused-ring (bicyclic) bond motifs is 1. The number of hydrogen-bond donors (Lipinski definition) is 0. The third-order valence-electron chi connectivity index (χ3n) is 4.27. The van der Waals surface area contributed by atoms with Crippen LogP contribution in [-0.4, -0.2) is 53.6 Å². The molecule has 2 aliphatic rings. The minimum Gasteiger partial charge on any atom is -0.372 e. The summed E-state index contributed by atoms with van der Waals surface area (Å²) in [4.78, 5) is 26.5. The van der Waals surface area contributed by atoms with Crippen molar-refractivity contribution < 1.29 is 14.3 Å². The van der Waals surface area contributed by atoms with E-state index in [-0.39, 0.29) is 5.91 Å². The zero-order valence-corrected chi connectivity index (χ0v) is 11.1. The number of amides is 3. The summed E-state index contributed by atoms with van der Waals surface area (Å²) in [7, 11) is 3.00. The van der Waals surface area contributed by atoms with Crippen molar-refractivity contribution in [3.05, 3.63) is 0 Å². The van der Waals surface area contributed by atoms with Gasteiger partial charge in [-0.1, -0.05) is 0 Å². The number of likely N-dealkylation sites (N-methyl/N-ethyl adjacent to an activating group) is 1. The third kappa shape index (κ3) is 1.15. The van der Waals surface area contributed by atoms with Gasteiger partial charge >= 0.3 is 6.03 Å². The largest absolute Gasteiger partial charge is 0.372 e. The first-order valence-corrected chi connectivity index (χ1v) is 5.96. The molecule has 0 radical (unpaired) electrons. The third-order valence-corrected chi connectivity index (χ3v) is 4.27. The number of imide groups is 1. The Labute approximate surface area is 106 Å². The number of carbonyl (C=O) groups excluding carboxylic acids is 2. The predicted octanol–water partition coefficient (Wildman–Crippen LogP) is 0.588. The average Bonchev–Trinajstić information content (AvgIpc) is 2.33. The molecule has 0 spiro atoms. The van der Waals surface area contributed by atoms with Gasteiger partial charge in [-0.3, -0.25) is 9.69 Å². The van der Waals surface area contributed by atoms with Crippen LogP contribution in [0.3, 0.4) is 0 Å². The van der Waals surface area contributed by atoms with E-state index >= 15 is 0 Å². The molecule has 18 heavy (non-hydrogen) atoms. The fourth-order valence-corrected chi connectivity index (χ4v) is 3.25. The molecule has 0 aromatic heterocycles. The summed E-state index contributed by atoms with van der Waals surface area (Å²) in [5.41, 5.74) is -1.95. The molecule has 0 bridgehead atoms. The van der Waals surface area contributed by atoms with E-state index in [2.05, 4.69) is 6.07 Å². The quantitative estimate of drug-likeness (QED) is 0.720. The highest BCUT2D eigenvalue weighted by molar-refractivity contribution is 6.01. The maximum absolute atomic E-state index is 12.1. The van der Waals surface area contributed by atoms with Crippen molar-refractivity contribution in [2.45, 2.75) is 31.4 Å². The van der Waals surface area contributed by atoms with Crippen LogP contribution in [0, 0.1) is 17.2 Å². The molecule has 2 fully saturated rings. The maximum Gasteiger partial charge on any atom is 0.327 e. The van der Waals surface area contributed by atoms with E-state index in [4.69, 9.17) is 4.74 Å². The van der Waals surface area contributed by atoms with E-state index in [9.17, 15) is 14.9 Å².